The van der Waals surface area contributed by atoms with Crippen LogP contribution in [0.3, 0.4) is 0 Å². The first-order valence-corrected chi connectivity index (χ1v) is 3.94. The van der Waals surface area contributed by atoms with Gasteiger partial charge in [-0.3, -0.25) is 0 Å². The Morgan fingerprint density at radius 3 is 2.17 bits per heavy atom. The summed E-state index contributed by atoms with van der Waals surface area (Å²) in [5.74, 6) is 1.03. The molecule has 3 heteroatoms. The van der Waals surface area contributed by atoms with E-state index in [2.05, 4.69) is 5.32 Å². The van der Waals surface area contributed by atoms with Crippen LogP contribution in [-0.4, -0.2) is 11.7 Å². The molecule has 0 fully saturated rings. The van der Waals surface area contributed by atoms with Crippen molar-refractivity contribution in [1.29, 1.82) is 0 Å². The van der Waals surface area contributed by atoms with Crippen LogP contribution in [0.4, 0.5) is 4.79 Å². The lowest BCUT2D eigenvalue weighted by atomic mass is 10.2. The summed E-state index contributed by atoms with van der Waals surface area (Å²) >= 11 is 0. The Balaban J connectivity index is 3.61. The number of carbonyl (C=O) groups excluding carboxylic acids is 1. The third-order valence-electron chi connectivity index (χ3n) is 0.878. The minimum Gasteiger partial charge on any atom is -0.444 e. The molecular weight excluding hydrogens is 154 g/mol. The number of alkyl carbamates (subject to hydrolysis) is 1. The summed E-state index contributed by atoms with van der Waals surface area (Å²) in [6.07, 6.45) is -0.413. The Kier molecular flexibility index (Phi) is 4.07. The molecule has 0 aromatic rings. The van der Waals surface area contributed by atoms with Crippen molar-refractivity contribution < 1.29 is 9.53 Å². The number of rotatable bonds is 2. The Morgan fingerprint density at radius 2 is 1.83 bits per heavy atom. The van der Waals surface area contributed by atoms with Crippen molar-refractivity contribution in [2.45, 2.75) is 40.2 Å². The van der Waals surface area contributed by atoms with Gasteiger partial charge in [-0.15, -0.1) is 0 Å². The molecule has 0 saturated carbocycles. The van der Waals surface area contributed by atoms with Crippen LogP contribution in [-0.2, 0) is 4.74 Å². The molecule has 0 unspecified atom stereocenters. The molecule has 0 atom stereocenters. The molecule has 0 aromatic carbocycles. The quantitative estimate of drug-likeness (QED) is 0.692. The van der Waals surface area contributed by atoms with Gasteiger partial charge in [-0.25, -0.2) is 4.79 Å². The van der Waals surface area contributed by atoms with Gasteiger partial charge < -0.3 is 10.1 Å². The maximum Gasteiger partial charge on any atom is 0.407 e. The smallest absolute Gasteiger partial charge is 0.407 e. The van der Waals surface area contributed by atoms with Crippen LogP contribution in [0.2, 0.25) is 0 Å². The highest BCUT2D eigenvalue weighted by Gasteiger charge is 2.15. The van der Waals surface area contributed by atoms with Crippen LogP contribution in [0.15, 0.2) is 0 Å². The molecule has 12 heavy (non-hydrogen) atoms. The van der Waals surface area contributed by atoms with Gasteiger partial charge in [-0.2, -0.15) is 0 Å². The van der Waals surface area contributed by atoms with Gasteiger partial charge >= 0.3 is 6.09 Å². The van der Waals surface area contributed by atoms with Gasteiger partial charge in [-0.05, 0) is 26.7 Å². The molecule has 3 nitrogen and oxygen atoms in total. The van der Waals surface area contributed by atoms with Crippen LogP contribution in [0.1, 0.15) is 34.6 Å². The van der Waals surface area contributed by atoms with E-state index < -0.39 is 11.7 Å². The maximum absolute atomic E-state index is 11.0. The summed E-state index contributed by atoms with van der Waals surface area (Å²) in [5, 5.41) is 2.52. The van der Waals surface area contributed by atoms with Gasteiger partial charge in [0.05, 0.1) is 6.54 Å². The normalized spacial score (nSPS) is 11.5. The zero-order valence-electron chi connectivity index (χ0n) is 8.39. The van der Waals surface area contributed by atoms with E-state index in [1.807, 2.05) is 34.6 Å². The molecule has 0 saturated heterocycles. The van der Waals surface area contributed by atoms with Crippen LogP contribution >= 0.6 is 0 Å². The second-order valence-electron chi connectivity index (χ2n) is 3.87. The van der Waals surface area contributed by atoms with Gasteiger partial charge in [0.2, 0.25) is 0 Å². The molecule has 1 amide bonds. The SMILES string of the molecule is C[C](C)[CH]NC(=O)OC(C)(C)C. The van der Waals surface area contributed by atoms with Crippen molar-refractivity contribution in [2.24, 2.45) is 0 Å². The summed E-state index contributed by atoms with van der Waals surface area (Å²) < 4.78 is 4.99. The largest absolute Gasteiger partial charge is 0.444 e. The minimum atomic E-state index is -0.431. The summed E-state index contributed by atoms with van der Waals surface area (Å²) in [6, 6.07) is 0. The number of hydrogen-bond donors (Lipinski definition) is 1. The molecule has 0 spiro atoms. The molecule has 70 valence electrons. The average molecular weight is 171 g/mol. The van der Waals surface area contributed by atoms with Crippen molar-refractivity contribution in [3.05, 3.63) is 12.5 Å². The fourth-order valence-electron chi connectivity index (χ4n) is 0.511. The predicted octanol–water partition coefficient (Wildman–Crippen LogP) is 2.29. The van der Waals surface area contributed by atoms with E-state index in [-0.39, 0.29) is 0 Å². The molecule has 0 aliphatic rings. The third-order valence-corrected chi connectivity index (χ3v) is 0.878. The molecule has 1 N–H and O–H groups in total. The van der Waals surface area contributed by atoms with Crippen molar-refractivity contribution in [3.8, 4) is 0 Å². The number of hydrogen-bond acceptors (Lipinski definition) is 2. The fourth-order valence-corrected chi connectivity index (χ4v) is 0.511. The van der Waals surface area contributed by atoms with Crippen LogP contribution in [0, 0.1) is 12.5 Å². The van der Waals surface area contributed by atoms with Gasteiger partial charge in [-0.1, -0.05) is 13.8 Å². The van der Waals surface area contributed by atoms with Gasteiger partial charge in [0.1, 0.15) is 5.60 Å². The van der Waals surface area contributed by atoms with Crippen molar-refractivity contribution in [1.82, 2.24) is 5.32 Å². The second-order valence-corrected chi connectivity index (χ2v) is 3.87. The van der Waals surface area contributed by atoms with Crippen molar-refractivity contribution >= 4 is 6.09 Å². The Bertz CT molecular complexity index is 147. The van der Waals surface area contributed by atoms with Crippen LogP contribution < -0.4 is 5.32 Å². The van der Waals surface area contributed by atoms with Gasteiger partial charge in [0, 0.05) is 0 Å². The van der Waals surface area contributed by atoms with E-state index in [4.69, 9.17) is 4.74 Å². The Hall–Kier alpha value is -0.730. The van der Waals surface area contributed by atoms with Gasteiger partial charge in [0.25, 0.3) is 0 Å². The third kappa shape index (κ3) is 7.38. The first kappa shape index (κ1) is 11.3. The molecule has 0 aliphatic carbocycles. The molecule has 0 aromatic heterocycles. The molecule has 0 aliphatic heterocycles. The number of nitrogens with one attached hydrogen (secondary N) is 1. The molecule has 0 bridgehead atoms. The molecule has 2 radical (unpaired) electrons. The lowest BCUT2D eigenvalue weighted by molar-refractivity contribution is 0.0543. The number of ether oxygens (including phenoxy) is 1. The maximum atomic E-state index is 11.0. The summed E-state index contributed by atoms with van der Waals surface area (Å²) in [4.78, 5) is 11.0. The van der Waals surface area contributed by atoms with E-state index >= 15 is 0 Å². The van der Waals surface area contributed by atoms with Crippen molar-refractivity contribution in [3.63, 3.8) is 0 Å². The predicted molar refractivity (Wildman–Crippen MR) is 48.3 cm³/mol. The van der Waals surface area contributed by atoms with Crippen LogP contribution in [0.5, 0.6) is 0 Å². The fraction of sp³-hybridized carbons (Fsp3) is 0.667. The first-order valence-electron chi connectivity index (χ1n) is 3.94. The highest BCUT2D eigenvalue weighted by atomic mass is 16.6. The number of amides is 1. The topological polar surface area (TPSA) is 38.3 Å². The summed E-state index contributed by atoms with van der Waals surface area (Å²) in [6.45, 7) is 10.9. The minimum absolute atomic E-state index is 0.413. The summed E-state index contributed by atoms with van der Waals surface area (Å²) in [5.41, 5.74) is -0.431. The summed E-state index contributed by atoms with van der Waals surface area (Å²) in [7, 11) is 0. The van der Waals surface area contributed by atoms with Crippen molar-refractivity contribution in [2.75, 3.05) is 0 Å². The molecule has 0 rings (SSSR count). The molecular formula is C9H17NO2. The van der Waals surface area contributed by atoms with E-state index in [0.29, 0.717) is 0 Å². The monoisotopic (exact) mass is 171 g/mol. The van der Waals surface area contributed by atoms with E-state index in [1.54, 1.807) is 6.54 Å². The zero-order valence-corrected chi connectivity index (χ0v) is 8.39. The highest BCUT2D eigenvalue weighted by Crippen LogP contribution is 2.07. The zero-order chi connectivity index (χ0) is 9.78. The second kappa shape index (κ2) is 4.33. The highest BCUT2D eigenvalue weighted by molar-refractivity contribution is 5.68. The van der Waals surface area contributed by atoms with E-state index in [9.17, 15) is 4.79 Å². The Morgan fingerprint density at radius 1 is 1.33 bits per heavy atom. The Labute approximate surface area is 74.5 Å². The van der Waals surface area contributed by atoms with Crippen LogP contribution in [0.25, 0.3) is 0 Å². The lowest BCUT2D eigenvalue weighted by Crippen LogP contribution is -2.31. The first-order chi connectivity index (χ1) is 5.31. The van der Waals surface area contributed by atoms with E-state index in [1.165, 1.54) is 0 Å². The van der Waals surface area contributed by atoms with E-state index in [0.717, 1.165) is 5.92 Å². The molecule has 0 heterocycles. The lowest BCUT2D eigenvalue weighted by Gasteiger charge is -2.19. The van der Waals surface area contributed by atoms with Gasteiger partial charge in [0.15, 0.2) is 0 Å². The average Bonchev–Trinajstić information content (AvgIpc) is 1.79. The number of carbonyl (C=O) groups is 1. The standard InChI is InChI=1S/C9H17NO2/c1-7(2)6-10-8(11)12-9(3,4)5/h6H,1-5H3,(H,10,11).